The van der Waals surface area contributed by atoms with Crippen LogP contribution in [0, 0.1) is 0 Å². The Morgan fingerprint density at radius 3 is 2.53 bits per heavy atom. The van der Waals surface area contributed by atoms with Crippen molar-refractivity contribution in [3.05, 3.63) is 78.3 Å². The van der Waals surface area contributed by atoms with Crippen LogP contribution in [0.3, 0.4) is 0 Å². The van der Waals surface area contributed by atoms with Gasteiger partial charge in [0.15, 0.2) is 9.84 Å². The Kier molecular flexibility index (Phi) is 5.76. The van der Waals surface area contributed by atoms with E-state index in [9.17, 15) is 13.2 Å². The second-order valence-corrected chi connectivity index (χ2v) is 9.47. The molecule has 0 atom stereocenters. The van der Waals surface area contributed by atoms with Gasteiger partial charge in [-0.25, -0.2) is 8.42 Å². The standard InChI is InChI=1S/C22H22N4O3S/c27-21(25-11-13-30(28,29)14-12-25)9-8-20-17-26(16-18-5-2-1-3-6-18)24-22(20)19-7-4-10-23-15-19/h1-10,15,17H,11-14,16H2/b9-8+. The van der Waals surface area contributed by atoms with Gasteiger partial charge >= 0.3 is 0 Å². The second kappa shape index (κ2) is 8.62. The predicted octanol–water partition coefficient (Wildman–Crippen LogP) is 2.26. The number of aromatic nitrogens is 3. The van der Waals surface area contributed by atoms with E-state index in [-0.39, 0.29) is 30.5 Å². The van der Waals surface area contributed by atoms with Crippen molar-refractivity contribution < 1.29 is 13.2 Å². The van der Waals surface area contributed by atoms with Crippen LogP contribution in [0.5, 0.6) is 0 Å². The van der Waals surface area contributed by atoms with E-state index in [0.29, 0.717) is 6.54 Å². The Bertz CT molecular complexity index is 1140. The number of amides is 1. The molecule has 1 aliphatic heterocycles. The molecule has 0 bridgehead atoms. The van der Waals surface area contributed by atoms with E-state index in [0.717, 1.165) is 22.4 Å². The lowest BCUT2D eigenvalue weighted by Gasteiger charge is -2.25. The Morgan fingerprint density at radius 1 is 1.07 bits per heavy atom. The van der Waals surface area contributed by atoms with Crippen LogP contribution in [0.15, 0.2) is 67.1 Å². The number of carbonyl (C=O) groups is 1. The molecular formula is C22H22N4O3S. The molecule has 0 unspecified atom stereocenters. The molecule has 0 saturated carbocycles. The molecule has 0 spiro atoms. The van der Waals surface area contributed by atoms with Gasteiger partial charge in [-0.15, -0.1) is 0 Å². The van der Waals surface area contributed by atoms with Crippen molar-refractivity contribution in [3.8, 4) is 11.3 Å². The number of sulfone groups is 1. The summed E-state index contributed by atoms with van der Waals surface area (Å²) in [6, 6.07) is 13.8. The highest BCUT2D eigenvalue weighted by atomic mass is 32.2. The molecule has 7 nitrogen and oxygen atoms in total. The molecule has 3 aromatic rings. The maximum atomic E-state index is 12.5. The van der Waals surface area contributed by atoms with E-state index in [2.05, 4.69) is 4.98 Å². The fourth-order valence-electron chi connectivity index (χ4n) is 3.34. The van der Waals surface area contributed by atoms with Gasteiger partial charge in [-0.05, 0) is 23.8 Å². The monoisotopic (exact) mass is 422 g/mol. The SMILES string of the molecule is O=C(/C=C/c1cn(Cc2ccccc2)nc1-c1cccnc1)N1CCS(=O)(=O)CC1. The number of carbonyl (C=O) groups excluding carboxylic acids is 1. The third kappa shape index (κ3) is 4.83. The van der Waals surface area contributed by atoms with Crippen molar-refractivity contribution >= 4 is 21.8 Å². The first-order valence-electron chi connectivity index (χ1n) is 9.69. The summed E-state index contributed by atoms with van der Waals surface area (Å²) in [5.41, 5.74) is 3.53. The van der Waals surface area contributed by atoms with Crippen LogP contribution >= 0.6 is 0 Å². The minimum atomic E-state index is -3.02. The Morgan fingerprint density at radius 2 is 1.83 bits per heavy atom. The van der Waals surface area contributed by atoms with Crippen molar-refractivity contribution in [2.45, 2.75) is 6.54 Å². The highest BCUT2D eigenvalue weighted by Crippen LogP contribution is 2.23. The molecule has 0 aliphatic carbocycles. The summed E-state index contributed by atoms with van der Waals surface area (Å²) in [4.78, 5) is 18.3. The highest BCUT2D eigenvalue weighted by molar-refractivity contribution is 7.91. The van der Waals surface area contributed by atoms with Crippen LogP contribution in [0.1, 0.15) is 11.1 Å². The normalized spacial score (nSPS) is 16.1. The van der Waals surface area contributed by atoms with Crippen LogP contribution in [0.25, 0.3) is 17.3 Å². The Hall–Kier alpha value is -3.26. The zero-order chi connectivity index (χ0) is 21.0. The molecular weight excluding hydrogens is 400 g/mol. The zero-order valence-electron chi connectivity index (χ0n) is 16.4. The van der Waals surface area contributed by atoms with Crippen LogP contribution in [-0.2, 0) is 21.2 Å². The maximum absolute atomic E-state index is 12.5. The average molecular weight is 423 g/mol. The van der Waals surface area contributed by atoms with Crippen LogP contribution < -0.4 is 0 Å². The lowest BCUT2D eigenvalue weighted by atomic mass is 10.1. The van der Waals surface area contributed by atoms with Crippen LogP contribution in [-0.4, -0.2) is 58.6 Å². The van der Waals surface area contributed by atoms with Crippen molar-refractivity contribution in [2.75, 3.05) is 24.6 Å². The van der Waals surface area contributed by atoms with Gasteiger partial charge in [0.05, 0.1) is 18.1 Å². The number of hydrogen-bond donors (Lipinski definition) is 0. The second-order valence-electron chi connectivity index (χ2n) is 7.17. The van der Waals surface area contributed by atoms with Crippen molar-refractivity contribution in [1.29, 1.82) is 0 Å². The third-order valence-corrected chi connectivity index (χ3v) is 6.58. The minimum absolute atomic E-state index is 0.0164. The molecule has 30 heavy (non-hydrogen) atoms. The molecule has 3 heterocycles. The molecule has 0 radical (unpaired) electrons. The first-order chi connectivity index (χ1) is 14.5. The lowest BCUT2D eigenvalue weighted by molar-refractivity contribution is -0.125. The van der Waals surface area contributed by atoms with Gasteiger partial charge in [0.25, 0.3) is 0 Å². The van der Waals surface area contributed by atoms with Crippen molar-refractivity contribution in [1.82, 2.24) is 19.7 Å². The number of nitrogens with zero attached hydrogens (tertiary/aromatic N) is 4. The van der Waals surface area contributed by atoms with Gasteiger partial charge in [0.1, 0.15) is 5.69 Å². The topological polar surface area (TPSA) is 85.2 Å². The summed E-state index contributed by atoms with van der Waals surface area (Å²) in [5, 5.41) is 4.71. The molecule has 1 amide bonds. The number of hydrogen-bond acceptors (Lipinski definition) is 5. The van der Waals surface area contributed by atoms with E-state index in [1.807, 2.05) is 53.3 Å². The van der Waals surface area contributed by atoms with E-state index >= 15 is 0 Å². The maximum Gasteiger partial charge on any atom is 0.246 e. The van der Waals surface area contributed by atoms with Gasteiger partial charge in [-0.3, -0.25) is 14.5 Å². The lowest BCUT2D eigenvalue weighted by Crippen LogP contribution is -2.43. The largest absolute Gasteiger partial charge is 0.337 e. The highest BCUT2D eigenvalue weighted by Gasteiger charge is 2.23. The first kappa shape index (κ1) is 20.0. The summed E-state index contributed by atoms with van der Waals surface area (Å²) >= 11 is 0. The molecule has 1 aliphatic rings. The molecule has 154 valence electrons. The Labute approximate surface area is 175 Å². The van der Waals surface area contributed by atoms with E-state index < -0.39 is 9.84 Å². The van der Waals surface area contributed by atoms with E-state index in [1.54, 1.807) is 23.4 Å². The zero-order valence-corrected chi connectivity index (χ0v) is 17.2. The molecule has 2 aromatic heterocycles. The fraction of sp³-hybridized carbons (Fsp3) is 0.227. The molecule has 1 aromatic carbocycles. The van der Waals surface area contributed by atoms with E-state index in [4.69, 9.17) is 5.10 Å². The fourth-order valence-corrected chi connectivity index (χ4v) is 4.54. The van der Waals surface area contributed by atoms with Crippen LogP contribution in [0.4, 0.5) is 0 Å². The Balaban J connectivity index is 1.58. The molecule has 1 saturated heterocycles. The van der Waals surface area contributed by atoms with Gasteiger partial charge in [-0.1, -0.05) is 30.3 Å². The summed E-state index contributed by atoms with van der Waals surface area (Å²) in [6.45, 7) is 1.07. The van der Waals surface area contributed by atoms with Crippen molar-refractivity contribution in [3.63, 3.8) is 0 Å². The van der Waals surface area contributed by atoms with Gasteiger partial charge < -0.3 is 4.90 Å². The number of rotatable bonds is 5. The molecule has 4 rings (SSSR count). The van der Waals surface area contributed by atoms with Crippen LogP contribution in [0.2, 0.25) is 0 Å². The summed E-state index contributed by atoms with van der Waals surface area (Å²) < 4.78 is 25.0. The van der Waals surface area contributed by atoms with E-state index in [1.165, 1.54) is 6.08 Å². The summed E-state index contributed by atoms with van der Waals surface area (Å²) in [6.07, 6.45) is 8.57. The van der Waals surface area contributed by atoms with Gasteiger partial charge in [0, 0.05) is 48.9 Å². The quantitative estimate of drug-likeness (QED) is 0.589. The molecule has 0 N–H and O–H groups in total. The smallest absolute Gasteiger partial charge is 0.246 e. The van der Waals surface area contributed by atoms with Crippen molar-refractivity contribution in [2.24, 2.45) is 0 Å². The average Bonchev–Trinajstić information content (AvgIpc) is 3.16. The predicted molar refractivity (Wildman–Crippen MR) is 115 cm³/mol. The minimum Gasteiger partial charge on any atom is -0.337 e. The molecule has 8 heteroatoms. The summed E-state index contributed by atoms with van der Waals surface area (Å²) in [7, 11) is -3.02. The summed E-state index contributed by atoms with van der Waals surface area (Å²) in [5.74, 6) is -0.164. The first-order valence-corrected chi connectivity index (χ1v) is 11.5. The number of benzene rings is 1. The van der Waals surface area contributed by atoms with Gasteiger partial charge in [0.2, 0.25) is 5.91 Å². The third-order valence-electron chi connectivity index (χ3n) is 4.97. The number of pyridine rings is 1. The van der Waals surface area contributed by atoms with Gasteiger partial charge in [-0.2, -0.15) is 5.10 Å². The molecule has 1 fully saturated rings.